The van der Waals surface area contributed by atoms with Gasteiger partial charge in [0.15, 0.2) is 0 Å². The maximum atomic E-state index is 13.0. The number of para-hydroxylation sites is 1. The second kappa shape index (κ2) is 6.51. The minimum absolute atomic E-state index is 0.0843. The summed E-state index contributed by atoms with van der Waals surface area (Å²) in [7, 11) is 1.79. The monoisotopic (exact) mass is 349 g/mol. The standard InChI is InChI=1S/C19H19N5O2/c1-3-26-17-8-14(7-16-15(17)10-21-22-16)19(25)24(2)11-13-6-4-5-12-9-20-23-18(12)13/h4-10H,3,11H2,1-2H3,(H,20,23)(H,21,22). The lowest BCUT2D eigenvalue weighted by Gasteiger charge is -2.18. The Morgan fingerprint density at radius 3 is 2.88 bits per heavy atom. The SMILES string of the molecule is CCOc1cc(C(=O)N(C)Cc2cccc3cn[nH]c23)cc2[nH]ncc12. The van der Waals surface area contributed by atoms with Gasteiger partial charge in [-0.25, -0.2) is 0 Å². The number of nitrogens with zero attached hydrogens (tertiary/aromatic N) is 3. The number of carbonyl (C=O) groups is 1. The van der Waals surface area contributed by atoms with E-state index in [2.05, 4.69) is 20.4 Å². The first-order chi connectivity index (χ1) is 12.7. The van der Waals surface area contributed by atoms with Crippen molar-refractivity contribution in [3.8, 4) is 5.75 Å². The Labute approximate surface area is 150 Å². The van der Waals surface area contributed by atoms with Crippen molar-refractivity contribution in [3.63, 3.8) is 0 Å². The van der Waals surface area contributed by atoms with Crippen molar-refractivity contribution in [3.05, 3.63) is 53.9 Å². The van der Waals surface area contributed by atoms with E-state index >= 15 is 0 Å². The largest absolute Gasteiger partial charge is 0.493 e. The lowest BCUT2D eigenvalue weighted by atomic mass is 10.1. The summed E-state index contributed by atoms with van der Waals surface area (Å²) in [5.41, 5.74) is 3.31. The van der Waals surface area contributed by atoms with Crippen molar-refractivity contribution < 1.29 is 9.53 Å². The number of rotatable bonds is 5. The number of aromatic amines is 2. The number of benzene rings is 2. The summed E-state index contributed by atoms with van der Waals surface area (Å²) in [6.45, 7) is 2.91. The van der Waals surface area contributed by atoms with E-state index < -0.39 is 0 Å². The summed E-state index contributed by atoms with van der Waals surface area (Å²) in [4.78, 5) is 14.6. The van der Waals surface area contributed by atoms with Crippen LogP contribution in [-0.4, -0.2) is 44.9 Å². The van der Waals surface area contributed by atoms with E-state index in [4.69, 9.17) is 4.74 Å². The molecule has 0 unspecified atom stereocenters. The Kier molecular flexibility index (Phi) is 4.04. The molecule has 7 heteroatoms. The van der Waals surface area contributed by atoms with Gasteiger partial charge in [0.25, 0.3) is 5.91 Å². The molecule has 0 aliphatic carbocycles. The van der Waals surface area contributed by atoms with Gasteiger partial charge in [0.1, 0.15) is 5.75 Å². The Balaban J connectivity index is 1.64. The molecule has 7 nitrogen and oxygen atoms in total. The number of ether oxygens (including phenoxy) is 1. The molecule has 0 saturated heterocycles. The van der Waals surface area contributed by atoms with Crippen LogP contribution in [-0.2, 0) is 6.54 Å². The molecule has 0 aliphatic heterocycles. The van der Waals surface area contributed by atoms with E-state index in [-0.39, 0.29) is 5.91 Å². The Morgan fingerprint density at radius 1 is 1.19 bits per heavy atom. The molecular formula is C19H19N5O2. The Morgan fingerprint density at radius 2 is 2.04 bits per heavy atom. The molecule has 2 heterocycles. The van der Waals surface area contributed by atoms with Gasteiger partial charge in [0, 0.05) is 24.5 Å². The van der Waals surface area contributed by atoms with E-state index in [1.165, 1.54) is 0 Å². The highest BCUT2D eigenvalue weighted by molar-refractivity contribution is 5.99. The molecule has 0 spiro atoms. The molecule has 0 saturated carbocycles. The van der Waals surface area contributed by atoms with Gasteiger partial charge in [-0.2, -0.15) is 10.2 Å². The van der Waals surface area contributed by atoms with Crippen LogP contribution in [0.3, 0.4) is 0 Å². The number of amides is 1. The van der Waals surface area contributed by atoms with Crippen LogP contribution in [0.2, 0.25) is 0 Å². The second-order valence-electron chi connectivity index (χ2n) is 6.15. The third kappa shape index (κ3) is 2.77. The normalized spacial score (nSPS) is 11.2. The van der Waals surface area contributed by atoms with Gasteiger partial charge in [-0.3, -0.25) is 15.0 Å². The van der Waals surface area contributed by atoms with Crippen LogP contribution in [0.5, 0.6) is 5.75 Å². The quantitative estimate of drug-likeness (QED) is 0.579. The molecule has 0 aliphatic rings. The minimum Gasteiger partial charge on any atom is -0.493 e. The van der Waals surface area contributed by atoms with Crippen LogP contribution in [0.4, 0.5) is 0 Å². The van der Waals surface area contributed by atoms with Gasteiger partial charge in [-0.1, -0.05) is 18.2 Å². The molecule has 0 fully saturated rings. The molecule has 4 aromatic rings. The molecule has 4 rings (SSSR count). The van der Waals surface area contributed by atoms with Crippen LogP contribution in [0.1, 0.15) is 22.8 Å². The first-order valence-corrected chi connectivity index (χ1v) is 8.43. The van der Waals surface area contributed by atoms with Gasteiger partial charge >= 0.3 is 0 Å². The van der Waals surface area contributed by atoms with Crippen molar-refractivity contribution in [1.29, 1.82) is 0 Å². The van der Waals surface area contributed by atoms with Gasteiger partial charge < -0.3 is 9.64 Å². The molecule has 26 heavy (non-hydrogen) atoms. The van der Waals surface area contributed by atoms with E-state index in [1.807, 2.05) is 25.1 Å². The van der Waals surface area contributed by atoms with Gasteiger partial charge in [0.05, 0.1) is 35.4 Å². The fraction of sp³-hybridized carbons (Fsp3) is 0.211. The zero-order valence-electron chi connectivity index (χ0n) is 14.6. The highest BCUT2D eigenvalue weighted by atomic mass is 16.5. The van der Waals surface area contributed by atoms with Crippen LogP contribution >= 0.6 is 0 Å². The van der Waals surface area contributed by atoms with Crippen LogP contribution in [0.15, 0.2) is 42.7 Å². The molecule has 132 valence electrons. The lowest BCUT2D eigenvalue weighted by molar-refractivity contribution is 0.0785. The Hall–Kier alpha value is -3.35. The molecule has 0 bridgehead atoms. The average Bonchev–Trinajstić information content (AvgIpc) is 3.30. The topological polar surface area (TPSA) is 86.9 Å². The minimum atomic E-state index is -0.0843. The highest BCUT2D eigenvalue weighted by Gasteiger charge is 2.17. The number of carbonyl (C=O) groups excluding carboxylic acids is 1. The number of nitrogens with one attached hydrogen (secondary N) is 2. The van der Waals surface area contributed by atoms with Crippen molar-refractivity contribution in [2.75, 3.05) is 13.7 Å². The second-order valence-corrected chi connectivity index (χ2v) is 6.15. The van der Waals surface area contributed by atoms with Crippen molar-refractivity contribution in [1.82, 2.24) is 25.3 Å². The molecule has 0 atom stereocenters. The van der Waals surface area contributed by atoms with Crippen molar-refractivity contribution in [2.24, 2.45) is 0 Å². The zero-order chi connectivity index (χ0) is 18.1. The fourth-order valence-corrected chi connectivity index (χ4v) is 3.13. The number of fused-ring (bicyclic) bond motifs is 2. The summed E-state index contributed by atoms with van der Waals surface area (Å²) < 4.78 is 5.67. The Bertz CT molecular complexity index is 1080. The van der Waals surface area contributed by atoms with Crippen molar-refractivity contribution in [2.45, 2.75) is 13.5 Å². The molecule has 0 radical (unpaired) electrons. The lowest BCUT2D eigenvalue weighted by Crippen LogP contribution is -2.26. The number of hydrogen-bond acceptors (Lipinski definition) is 4. The van der Waals surface area contributed by atoms with E-state index in [0.717, 1.165) is 27.4 Å². The average molecular weight is 349 g/mol. The van der Waals surface area contributed by atoms with E-state index in [0.29, 0.717) is 24.5 Å². The van der Waals surface area contributed by atoms with Crippen LogP contribution in [0, 0.1) is 0 Å². The first-order valence-electron chi connectivity index (χ1n) is 8.43. The maximum absolute atomic E-state index is 13.0. The zero-order valence-corrected chi connectivity index (χ0v) is 14.6. The molecular weight excluding hydrogens is 330 g/mol. The van der Waals surface area contributed by atoms with E-state index in [1.54, 1.807) is 36.5 Å². The first kappa shape index (κ1) is 16.1. The smallest absolute Gasteiger partial charge is 0.254 e. The van der Waals surface area contributed by atoms with E-state index in [9.17, 15) is 4.79 Å². The fourth-order valence-electron chi connectivity index (χ4n) is 3.13. The summed E-state index contributed by atoms with van der Waals surface area (Å²) in [5, 5.41) is 15.9. The highest BCUT2D eigenvalue weighted by Crippen LogP contribution is 2.27. The molecule has 1 amide bonds. The summed E-state index contributed by atoms with van der Waals surface area (Å²) >= 11 is 0. The molecule has 2 N–H and O–H groups in total. The number of H-pyrrole nitrogens is 2. The third-order valence-corrected chi connectivity index (χ3v) is 4.38. The maximum Gasteiger partial charge on any atom is 0.254 e. The van der Waals surface area contributed by atoms with Crippen LogP contribution < -0.4 is 4.74 Å². The number of aromatic nitrogens is 4. The summed E-state index contributed by atoms with van der Waals surface area (Å²) in [6.07, 6.45) is 3.48. The predicted molar refractivity (Wildman–Crippen MR) is 99.2 cm³/mol. The van der Waals surface area contributed by atoms with Crippen molar-refractivity contribution >= 4 is 27.7 Å². The van der Waals surface area contributed by atoms with Gasteiger partial charge in [0.2, 0.25) is 0 Å². The van der Waals surface area contributed by atoms with Gasteiger partial charge in [-0.05, 0) is 24.6 Å². The molecule has 2 aromatic heterocycles. The third-order valence-electron chi connectivity index (χ3n) is 4.38. The summed E-state index contributed by atoms with van der Waals surface area (Å²) in [5.74, 6) is 0.574. The van der Waals surface area contributed by atoms with Crippen LogP contribution in [0.25, 0.3) is 21.8 Å². The number of hydrogen-bond donors (Lipinski definition) is 2. The molecule has 2 aromatic carbocycles. The predicted octanol–water partition coefficient (Wildman–Crippen LogP) is 3.11. The van der Waals surface area contributed by atoms with Gasteiger partial charge in [-0.15, -0.1) is 0 Å². The summed E-state index contributed by atoms with van der Waals surface area (Å²) in [6, 6.07) is 9.53.